The Bertz CT molecular complexity index is 1240. The van der Waals surface area contributed by atoms with Crippen molar-refractivity contribution < 1.29 is 22.8 Å². The third-order valence-electron chi connectivity index (χ3n) is 6.34. The number of hydrogen-bond acceptors (Lipinski definition) is 3. The summed E-state index contributed by atoms with van der Waals surface area (Å²) in [5.74, 6) is -0.736. The standard InChI is InChI=1S/C25H26ClF3N4O2.ClH/c26-17-5-6-19-20(14-33(22(19)13-17)15-23(34)31-10-9-30)24(35)32-11-7-16(8-12-32)18-3-1-2-4-21(18)25(27,28)29;/h1-6,13-14,16H,7-12,15,30H2,(H,31,34);1H. The average molecular weight is 543 g/mol. The van der Waals surface area contributed by atoms with E-state index in [0.717, 1.165) is 6.07 Å². The van der Waals surface area contributed by atoms with Gasteiger partial charge in [0.25, 0.3) is 5.91 Å². The van der Waals surface area contributed by atoms with Gasteiger partial charge >= 0.3 is 6.18 Å². The van der Waals surface area contributed by atoms with Crippen LogP contribution in [0.15, 0.2) is 48.7 Å². The summed E-state index contributed by atoms with van der Waals surface area (Å²) in [5.41, 5.74) is 6.18. The van der Waals surface area contributed by atoms with Gasteiger partial charge in [0.2, 0.25) is 5.91 Å². The number of halogens is 5. The Morgan fingerprint density at radius 1 is 1.11 bits per heavy atom. The normalized spacial score (nSPS) is 14.5. The van der Waals surface area contributed by atoms with E-state index >= 15 is 0 Å². The molecule has 2 amide bonds. The molecular weight excluding hydrogens is 516 g/mol. The molecular formula is C25H27Cl2F3N4O2. The highest BCUT2D eigenvalue weighted by Gasteiger charge is 2.36. The van der Waals surface area contributed by atoms with Crippen LogP contribution >= 0.6 is 24.0 Å². The molecule has 0 aliphatic carbocycles. The quantitative estimate of drug-likeness (QED) is 0.468. The number of nitrogens with two attached hydrogens (primary N) is 1. The van der Waals surface area contributed by atoms with Crippen molar-refractivity contribution in [3.8, 4) is 0 Å². The third-order valence-corrected chi connectivity index (χ3v) is 6.58. The van der Waals surface area contributed by atoms with Crippen LogP contribution in [-0.2, 0) is 17.5 Å². The van der Waals surface area contributed by atoms with Crippen molar-refractivity contribution in [2.45, 2.75) is 31.5 Å². The zero-order valence-electron chi connectivity index (χ0n) is 19.4. The molecule has 1 fully saturated rings. The van der Waals surface area contributed by atoms with E-state index in [2.05, 4.69) is 5.32 Å². The molecule has 11 heteroatoms. The zero-order chi connectivity index (χ0) is 25.2. The number of hydrogen-bond donors (Lipinski definition) is 2. The van der Waals surface area contributed by atoms with Gasteiger partial charge in [0.1, 0.15) is 6.54 Å². The van der Waals surface area contributed by atoms with Gasteiger partial charge < -0.3 is 20.5 Å². The minimum atomic E-state index is -4.41. The number of likely N-dealkylation sites (tertiary alicyclic amines) is 1. The molecule has 1 saturated heterocycles. The highest BCUT2D eigenvalue weighted by atomic mass is 35.5. The van der Waals surface area contributed by atoms with Crippen LogP contribution in [0, 0.1) is 0 Å². The highest BCUT2D eigenvalue weighted by molar-refractivity contribution is 6.31. The number of aromatic nitrogens is 1. The van der Waals surface area contributed by atoms with Crippen molar-refractivity contribution in [1.29, 1.82) is 0 Å². The van der Waals surface area contributed by atoms with E-state index in [1.165, 1.54) is 12.1 Å². The molecule has 6 nitrogen and oxygen atoms in total. The van der Waals surface area contributed by atoms with Gasteiger partial charge in [0.15, 0.2) is 0 Å². The number of fused-ring (bicyclic) bond motifs is 1. The fourth-order valence-corrected chi connectivity index (χ4v) is 4.83. The predicted molar refractivity (Wildman–Crippen MR) is 136 cm³/mol. The fourth-order valence-electron chi connectivity index (χ4n) is 4.66. The molecule has 2 heterocycles. The van der Waals surface area contributed by atoms with Gasteiger partial charge in [-0.15, -0.1) is 12.4 Å². The number of nitrogens with one attached hydrogen (secondary N) is 1. The maximum atomic E-state index is 13.5. The highest BCUT2D eigenvalue weighted by Crippen LogP contribution is 2.39. The second kappa shape index (κ2) is 11.5. The maximum Gasteiger partial charge on any atom is 0.416 e. The summed E-state index contributed by atoms with van der Waals surface area (Å²) in [7, 11) is 0. The molecule has 3 N–H and O–H groups in total. The van der Waals surface area contributed by atoms with Crippen LogP contribution < -0.4 is 11.1 Å². The van der Waals surface area contributed by atoms with Crippen molar-refractivity contribution in [3.63, 3.8) is 0 Å². The number of amides is 2. The van der Waals surface area contributed by atoms with E-state index in [0.29, 0.717) is 60.5 Å². The Morgan fingerprint density at radius 2 is 1.81 bits per heavy atom. The van der Waals surface area contributed by atoms with Crippen molar-refractivity contribution in [2.75, 3.05) is 26.2 Å². The summed E-state index contributed by atoms with van der Waals surface area (Å²) in [4.78, 5) is 27.3. The monoisotopic (exact) mass is 542 g/mol. The fraction of sp³-hybridized carbons (Fsp3) is 0.360. The summed E-state index contributed by atoms with van der Waals surface area (Å²) in [6, 6.07) is 10.8. The van der Waals surface area contributed by atoms with Gasteiger partial charge in [0.05, 0.1) is 16.6 Å². The van der Waals surface area contributed by atoms with Crippen LogP contribution in [0.2, 0.25) is 5.02 Å². The number of carbonyl (C=O) groups is 2. The van der Waals surface area contributed by atoms with E-state index < -0.39 is 11.7 Å². The lowest BCUT2D eigenvalue weighted by Gasteiger charge is -2.33. The van der Waals surface area contributed by atoms with E-state index in [4.69, 9.17) is 17.3 Å². The van der Waals surface area contributed by atoms with Crippen molar-refractivity contribution in [2.24, 2.45) is 5.73 Å². The molecule has 1 aliphatic rings. The molecule has 0 unspecified atom stereocenters. The molecule has 0 atom stereocenters. The lowest BCUT2D eigenvalue weighted by atomic mass is 9.86. The molecule has 1 aliphatic heterocycles. The maximum absolute atomic E-state index is 13.5. The van der Waals surface area contributed by atoms with E-state index in [9.17, 15) is 22.8 Å². The van der Waals surface area contributed by atoms with Gasteiger partial charge in [-0.1, -0.05) is 35.9 Å². The second-order valence-electron chi connectivity index (χ2n) is 8.62. The molecule has 0 spiro atoms. The van der Waals surface area contributed by atoms with E-state index in [1.807, 2.05) is 0 Å². The van der Waals surface area contributed by atoms with Crippen LogP contribution in [0.25, 0.3) is 10.9 Å². The SMILES string of the molecule is Cl.NCCNC(=O)Cn1cc(C(=O)N2CCC(c3ccccc3C(F)(F)F)CC2)c2ccc(Cl)cc21. The molecule has 3 aromatic rings. The first-order valence-corrected chi connectivity index (χ1v) is 11.8. The number of benzene rings is 2. The van der Waals surface area contributed by atoms with Crippen molar-refractivity contribution >= 4 is 46.7 Å². The predicted octanol–water partition coefficient (Wildman–Crippen LogP) is 4.83. The Morgan fingerprint density at radius 3 is 2.47 bits per heavy atom. The van der Waals surface area contributed by atoms with Crippen LogP contribution in [-0.4, -0.2) is 47.5 Å². The van der Waals surface area contributed by atoms with Gasteiger partial charge in [-0.2, -0.15) is 13.2 Å². The summed E-state index contributed by atoms with van der Waals surface area (Å²) in [6.45, 7) is 1.34. The molecule has 194 valence electrons. The summed E-state index contributed by atoms with van der Waals surface area (Å²) < 4.78 is 42.0. The summed E-state index contributed by atoms with van der Waals surface area (Å²) >= 11 is 6.16. The Labute approximate surface area is 218 Å². The average Bonchev–Trinajstić information content (AvgIpc) is 3.19. The molecule has 36 heavy (non-hydrogen) atoms. The Balaban J connectivity index is 0.00000361. The van der Waals surface area contributed by atoms with Crippen molar-refractivity contribution in [1.82, 2.24) is 14.8 Å². The lowest BCUT2D eigenvalue weighted by molar-refractivity contribution is -0.138. The number of rotatable bonds is 6. The minimum Gasteiger partial charge on any atom is -0.353 e. The van der Waals surface area contributed by atoms with Crippen LogP contribution in [0.4, 0.5) is 13.2 Å². The zero-order valence-corrected chi connectivity index (χ0v) is 20.9. The molecule has 2 aromatic carbocycles. The molecule has 4 rings (SSSR count). The Hall–Kier alpha value is -2.75. The van der Waals surface area contributed by atoms with Crippen molar-refractivity contribution in [3.05, 3.63) is 70.4 Å². The van der Waals surface area contributed by atoms with Crippen LogP contribution in [0.3, 0.4) is 0 Å². The first-order valence-electron chi connectivity index (χ1n) is 11.4. The first kappa shape index (κ1) is 27.8. The van der Waals surface area contributed by atoms with Crippen LogP contribution in [0.1, 0.15) is 40.2 Å². The number of nitrogens with zero attached hydrogens (tertiary/aromatic N) is 2. The van der Waals surface area contributed by atoms with Gasteiger partial charge in [-0.3, -0.25) is 9.59 Å². The smallest absolute Gasteiger partial charge is 0.353 e. The topological polar surface area (TPSA) is 80.4 Å². The Kier molecular flexibility index (Phi) is 8.92. The summed E-state index contributed by atoms with van der Waals surface area (Å²) in [6.07, 6.45) is -1.91. The molecule has 0 bridgehead atoms. The molecule has 0 saturated carbocycles. The third kappa shape index (κ3) is 5.96. The lowest BCUT2D eigenvalue weighted by Crippen LogP contribution is -2.38. The number of piperidine rings is 1. The second-order valence-corrected chi connectivity index (χ2v) is 9.06. The molecule has 1 aromatic heterocycles. The van der Waals surface area contributed by atoms with Gasteiger partial charge in [0, 0.05) is 42.8 Å². The molecule has 0 radical (unpaired) electrons. The summed E-state index contributed by atoms with van der Waals surface area (Å²) in [5, 5.41) is 3.84. The number of carbonyl (C=O) groups excluding carboxylic acids is 2. The van der Waals surface area contributed by atoms with E-state index in [1.54, 1.807) is 39.9 Å². The van der Waals surface area contributed by atoms with E-state index in [-0.39, 0.29) is 42.2 Å². The van der Waals surface area contributed by atoms with Gasteiger partial charge in [-0.25, -0.2) is 0 Å². The largest absolute Gasteiger partial charge is 0.416 e. The van der Waals surface area contributed by atoms with Crippen LogP contribution in [0.5, 0.6) is 0 Å². The number of alkyl halides is 3. The first-order chi connectivity index (χ1) is 16.7. The minimum absolute atomic E-state index is 0. The van der Waals surface area contributed by atoms with Gasteiger partial charge in [-0.05, 0) is 42.5 Å².